The van der Waals surface area contributed by atoms with E-state index in [1.807, 2.05) is 6.07 Å². The third-order valence-corrected chi connectivity index (χ3v) is 4.04. The second kappa shape index (κ2) is 9.24. The third kappa shape index (κ3) is 5.47. The zero-order chi connectivity index (χ0) is 20.6. The second-order valence-electron chi connectivity index (χ2n) is 6.32. The van der Waals surface area contributed by atoms with E-state index in [9.17, 15) is 9.59 Å². The van der Waals surface area contributed by atoms with E-state index in [1.165, 1.54) is 18.2 Å². The van der Waals surface area contributed by atoms with Gasteiger partial charge in [0.25, 0.3) is 5.91 Å². The van der Waals surface area contributed by atoms with Crippen molar-refractivity contribution in [2.45, 2.75) is 6.61 Å². The number of anilines is 1. The van der Waals surface area contributed by atoms with Crippen LogP contribution in [0.3, 0.4) is 0 Å². The Balaban J connectivity index is 1.55. The molecule has 0 spiro atoms. The van der Waals surface area contributed by atoms with E-state index in [0.717, 1.165) is 5.56 Å². The first-order chi connectivity index (χ1) is 14.0. The molecule has 2 amide bonds. The zero-order valence-corrected chi connectivity index (χ0v) is 15.8. The molecule has 0 atom stereocenters. The fourth-order valence-corrected chi connectivity index (χ4v) is 2.64. The van der Waals surface area contributed by atoms with Gasteiger partial charge in [-0.15, -0.1) is 0 Å². The number of nitrogens with one attached hydrogen (secondary N) is 1. The van der Waals surface area contributed by atoms with E-state index in [4.69, 9.17) is 14.4 Å². The Morgan fingerprint density at radius 1 is 1.14 bits per heavy atom. The van der Waals surface area contributed by atoms with Crippen LogP contribution < -0.4 is 10.1 Å². The Kier molecular flexibility index (Phi) is 6.28. The first-order valence-corrected chi connectivity index (χ1v) is 8.86. The molecule has 0 unspecified atom stereocenters. The van der Waals surface area contributed by atoms with Gasteiger partial charge in [0.2, 0.25) is 5.91 Å². The van der Waals surface area contributed by atoms with E-state index >= 15 is 0 Å². The summed E-state index contributed by atoms with van der Waals surface area (Å²) in [5.74, 6) is 0.0365. The normalized spacial score (nSPS) is 10.1. The van der Waals surface area contributed by atoms with Gasteiger partial charge in [-0.1, -0.05) is 18.2 Å². The van der Waals surface area contributed by atoms with Crippen molar-refractivity contribution >= 4 is 17.5 Å². The van der Waals surface area contributed by atoms with Crippen molar-refractivity contribution in [2.24, 2.45) is 0 Å². The van der Waals surface area contributed by atoms with E-state index in [2.05, 4.69) is 11.4 Å². The summed E-state index contributed by atoms with van der Waals surface area (Å²) in [5.41, 5.74) is 1.99. The van der Waals surface area contributed by atoms with Crippen LogP contribution in [0.4, 0.5) is 5.69 Å². The number of ether oxygens (including phenoxy) is 1. The van der Waals surface area contributed by atoms with Crippen molar-refractivity contribution in [3.05, 3.63) is 83.8 Å². The van der Waals surface area contributed by atoms with Crippen molar-refractivity contribution in [2.75, 3.05) is 18.9 Å². The molecule has 29 heavy (non-hydrogen) atoms. The zero-order valence-electron chi connectivity index (χ0n) is 15.8. The molecule has 0 bridgehead atoms. The van der Waals surface area contributed by atoms with Crippen LogP contribution in [-0.2, 0) is 11.4 Å². The highest BCUT2D eigenvalue weighted by Gasteiger charge is 2.17. The van der Waals surface area contributed by atoms with Crippen LogP contribution in [0.25, 0.3) is 0 Å². The Labute approximate surface area is 168 Å². The number of nitrogens with zero attached hydrogens (tertiary/aromatic N) is 2. The molecular formula is C22H19N3O4. The van der Waals surface area contributed by atoms with Crippen molar-refractivity contribution in [1.82, 2.24) is 4.90 Å². The molecule has 7 heteroatoms. The molecule has 1 heterocycles. The molecule has 0 saturated heterocycles. The van der Waals surface area contributed by atoms with Crippen LogP contribution in [0.5, 0.6) is 5.75 Å². The predicted octanol–water partition coefficient (Wildman–Crippen LogP) is 3.44. The quantitative estimate of drug-likeness (QED) is 0.668. The maximum absolute atomic E-state index is 12.3. The molecule has 7 nitrogen and oxygen atoms in total. The highest BCUT2D eigenvalue weighted by Crippen LogP contribution is 2.19. The molecule has 0 aliphatic rings. The van der Waals surface area contributed by atoms with Gasteiger partial charge in [-0.25, -0.2) is 0 Å². The molecule has 0 radical (unpaired) electrons. The van der Waals surface area contributed by atoms with Crippen molar-refractivity contribution in [1.29, 1.82) is 5.26 Å². The predicted molar refractivity (Wildman–Crippen MR) is 106 cm³/mol. The average molecular weight is 389 g/mol. The van der Waals surface area contributed by atoms with E-state index in [0.29, 0.717) is 23.6 Å². The van der Waals surface area contributed by atoms with E-state index in [-0.39, 0.29) is 24.1 Å². The average Bonchev–Trinajstić information content (AvgIpc) is 3.27. The molecule has 0 fully saturated rings. The lowest BCUT2D eigenvalue weighted by Crippen LogP contribution is -2.34. The van der Waals surface area contributed by atoms with Crippen molar-refractivity contribution < 1.29 is 18.7 Å². The summed E-state index contributed by atoms with van der Waals surface area (Å²) >= 11 is 0. The highest BCUT2D eigenvalue weighted by molar-refractivity contribution is 5.97. The monoisotopic (exact) mass is 389 g/mol. The molecule has 3 rings (SSSR count). The smallest absolute Gasteiger partial charge is 0.289 e. The molecule has 2 aromatic carbocycles. The van der Waals surface area contributed by atoms with Crippen LogP contribution >= 0.6 is 0 Å². The summed E-state index contributed by atoms with van der Waals surface area (Å²) in [6, 6.07) is 19.4. The maximum Gasteiger partial charge on any atom is 0.289 e. The minimum atomic E-state index is -0.373. The summed E-state index contributed by atoms with van der Waals surface area (Å²) in [6.07, 6.45) is 1.41. The molecule has 0 aliphatic carbocycles. The topological polar surface area (TPSA) is 95.6 Å². The van der Waals surface area contributed by atoms with E-state index < -0.39 is 0 Å². The summed E-state index contributed by atoms with van der Waals surface area (Å²) in [5, 5.41) is 11.7. The lowest BCUT2D eigenvalue weighted by Gasteiger charge is -2.15. The van der Waals surface area contributed by atoms with Crippen molar-refractivity contribution in [3.63, 3.8) is 0 Å². The molecule has 3 aromatic rings. The number of benzene rings is 2. The summed E-state index contributed by atoms with van der Waals surface area (Å²) in [7, 11) is 1.53. The molecule has 1 N–H and O–H groups in total. The molecule has 0 aliphatic heterocycles. The van der Waals surface area contributed by atoms with Crippen LogP contribution in [-0.4, -0.2) is 30.3 Å². The number of hydrogen-bond acceptors (Lipinski definition) is 5. The second-order valence-corrected chi connectivity index (χ2v) is 6.32. The fourth-order valence-electron chi connectivity index (χ4n) is 2.64. The van der Waals surface area contributed by atoms with Gasteiger partial charge in [0.15, 0.2) is 5.76 Å². The molecule has 146 valence electrons. The number of likely N-dealkylation sites (N-methyl/N-ethyl adjacent to an activating group) is 1. The largest absolute Gasteiger partial charge is 0.489 e. The minimum absolute atomic E-state index is 0.119. The Hall–Kier alpha value is -4.05. The Morgan fingerprint density at radius 3 is 2.72 bits per heavy atom. The van der Waals surface area contributed by atoms with Gasteiger partial charge in [0.05, 0.1) is 24.4 Å². The number of nitriles is 1. The number of hydrogen-bond donors (Lipinski definition) is 1. The fraction of sp³-hybridized carbons (Fsp3) is 0.136. The van der Waals surface area contributed by atoms with E-state index in [1.54, 1.807) is 54.6 Å². The first-order valence-electron chi connectivity index (χ1n) is 8.86. The molecule has 0 saturated carbocycles. The summed E-state index contributed by atoms with van der Waals surface area (Å²) in [6.45, 7) is 0.179. The summed E-state index contributed by atoms with van der Waals surface area (Å²) in [4.78, 5) is 25.7. The molecular weight excluding hydrogens is 370 g/mol. The number of rotatable bonds is 7. The Morgan fingerprint density at radius 2 is 1.97 bits per heavy atom. The summed E-state index contributed by atoms with van der Waals surface area (Å²) < 4.78 is 10.8. The van der Waals surface area contributed by atoms with Crippen LogP contribution in [0.15, 0.2) is 71.3 Å². The maximum atomic E-state index is 12.3. The standard InChI is InChI=1S/C22H19N3O4/c1-25(22(27)20-9-4-10-28-20)14-21(26)24-18-7-3-8-19(12-18)29-15-17-6-2-5-16(11-17)13-23/h2-12H,14-15H2,1H3,(H,24,26). The first kappa shape index (κ1) is 19.7. The number of furan rings is 1. The van der Waals surface area contributed by atoms with Gasteiger partial charge in [-0.3, -0.25) is 9.59 Å². The van der Waals surface area contributed by atoms with Crippen LogP contribution in [0, 0.1) is 11.3 Å². The minimum Gasteiger partial charge on any atom is -0.489 e. The lowest BCUT2D eigenvalue weighted by atomic mass is 10.1. The SMILES string of the molecule is CN(CC(=O)Nc1cccc(OCc2cccc(C#N)c2)c1)C(=O)c1ccco1. The number of amides is 2. The van der Waals surface area contributed by atoms with Gasteiger partial charge >= 0.3 is 0 Å². The molecule has 1 aromatic heterocycles. The van der Waals surface area contributed by atoms with Crippen molar-refractivity contribution in [3.8, 4) is 11.8 Å². The van der Waals surface area contributed by atoms with Gasteiger partial charge in [-0.2, -0.15) is 5.26 Å². The third-order valence-electron chi connectivity index (χ3n) is 4.04. The van der Waals surface area contributed by atoms with Crippen LogP contribution in [0.1, 0.15) is 21.7 Å². The Bertz CT molecular complexity index is 1040. The van der Waals surface area contributed by atoms with Gasteiger partial charge in [-0.05, 0) is 42.0 Å². The van der Waals surface area contributed by atoms with Gasteiger partial charge < -0.3 is 19.4 Å². The van der Waals surface area contributed by atoms with Gasteiger partial charge in [0.1, 0.15) is 12.4 Å². The van der Waals surface area contributed by atoms with Gasteiger partial charge in [0, 0.05) is 18.8 Å². The number of carbonyl (C=O) groups is 2. The van der Waals surface area contributed by atoms with Crippen LogP contribution in [0.2, 0.25) is 0 Å². The number of carbonyl (C=O) groups excluding carboxylic acids is 2. The highest BCUT2D eigenvalue weighted by atomic mass is 16.5. The lowest BCUT2D eigenvalue weighted by molar-refractivity contribution is -0.116.